The summed E-state index contributed by atoms with van der Waals surface area (Å²) in [7, 11) is 0.109. The second-order valence-corrected chi connectivity index (χ2v) is 8.22. The third-order valence-electron chi connectivity index (χ3n) is 2.50. The van der Waals surface area contributed by atoms with Crippen LogP contribution in [0.5, 0.6) is 0 Å². The third-order valence-corrected chi connectivity index (χ3v) is 6.72. The van der Waals surface area contributed by atoms with Gasteiger partial charge in [-0.15, -0.1) is 0 Å². The van der Waals surface area contributed by atoms with Crippen LogP contribution in [0.1, 0.15) is 6.92 Å². The van der Waals surface area contributed by atoms with Gasteiger partial charge in [0.25, 0.3) is 0 Å². The van der Waals surface area contributed by atoms with Crippen LogP contribution in [0.25, 0.3) is 0 Å². The zero-order valence-electron chi connectivity index (χ0n) is 9.57. The van der Waals surface area contributed by atoms with Crippen LogP contribution < -0.4 is 0 Å². The van der Waals surface area contributed by atoms with Gasteiger partial charge in [-0.2, -0.15) is 9.40 Å². The van der Waals surface area contributed by atoms with Crippen molar-refractivity contribution >= 4 is 31.6 Å². The van der Waals surface area contributed by atoms with E-state index in [9.17, 15) is 8.42 Å². The quantitative estimate of drug-likeness (QED) is 0.786. The van der Waals surface area contributed by atoms with Crippen molar-refractivity contribution in [2.24, 2.45) is 0 Å². The highest BCUT2D eigenvalue weighted by Crippen LogP contribution is 2.26. The number of nitrogens with zero attached hydrogens (tertiary/aromatic N) is 3. The molecule has 0 unspecified atom stereocenters. The number of aromatic nitrogens is 2. The Morgan fingerprint density at radius 1 is 1.35 bits per heavy atom. The lowest BCUT2D eigenvalue weighted by molar-refractivity contribution is 0.451. The average Bonchev–Trinajstić information content (AvgIpc) is 2.64. The third kappa shape index (κ3) is 2.98. The Morgan fingerprint density at radius 2 is 2.00 bits per heavy atom. The molecule has 0 atom stereocenters. The van der Waals surface area contributed by atoms with Crippen LogP contribution in [0.3, 0.4) is 0 Å². The van der Waals surface area contributed by atoms with Gasteiger partial charge in [0.1, 0.15) is 4.90 Å². The monoisotopic (exact) mass is 293 g/mol. The molecule has 0 N–H and O–H groups in total. The molecule has 0 saturated carbocycles. The SMILES string of the molecule is CCn1cc(S(=O)(=O)N2CCSSCC2)cn1. The summed E-state index contributed by atoms with van der Waals surface area (Å²) < 4.78 is 27.8. The van der Waals surface area contributed by atoms with E-state index in [2.05, 4.69) is 5.10 Å². The molecule has 96 valence electrons. The molecule has 0 amide bonds. The Bertz CT molecular complexity index is 464. The van der Waals surface area contributed by atoms with Crippen LogP contribution >= 0.6 is 21.6 Å². The van der Waals surface area contributed by atoms with Crippen molar-refractivity contribution in [1.29, 1.82) is 0 Å². The molecule has 1 aliphatic rings. The lowest BCUT2D eigenvalue weighted by Gasteiger charge is -2.17. The Kier molecular flexibility index (Phi) is 4.40. The molecule has 0 aliphatic carbocycles. The molecular weight excluding hydrogens is 278 g/mol. The number of sulfonamides is 1. The number of hydrogen-bond acceptors (Lipinski definition) is 5. The fraction of sp³-hybridized carbons (Fsp3) is 0.667. The molecule has 0 bridgehead atoms. The minimum atomic E-state index is -3.35. The molecular formula is C9H15N3O2S3. The summed E-state index contributed by atoms with van der Waals surface area (Å²) >= 11 is 0. The summed E-state index contributed by atoms with van der Waals surface area (Å²) in [6.45, 7) is 3.78. The van der Waals surface area contributed by atoms with E-state index in [1.165, 1.54) is 6.20 Å². The second-order valence-electron chi connectivity index (χ2n) is 3.58. The largest absolute Gasteiger partial charge is 0.272 e. The number of rotatable bonds is 3. The van der Waals surface area contributed by atoms with E-state index in [-0.39, 0.29) is 0 Å². The van der Waals surface area contributed by atoms with E-state index in [1.807, 2.05) is 6.92 Å². The maximum absolute atomic E-state index is 12.3. The molecule has 1 saturated heterocycles. The molecule has 17 heavy (non-hydrogen) atoms. The minimum Gasteiger partial charge on any atom is -0.272 e. The molecule has 1 aliphatic heterocycles. The van der Waals surface area contributed by atoms with E-state index in [4.69, 9.17) is 0 Å². The maximum Gasteiger partial charge on any atom is 0.246 e. The van der Waals surface area contributed by atoms with Gasteiger partial charge in [0.05, 0.1) is 6.20 Å². The van der Waals surface area contributed by atoms with Crippen molar-refractivity contribution in [1.82, 2.24) is 14.1 Å². The highest BCUT2D eigenvalue weighted by atomic mass is 33.1. The first kappa shape index (κ1) is 13.3. The zero-order chi connectivity index (χ0) is 12.3. The molecule has 1 aromatic heterocycles. The van der Waals surface area contributed by atoms with Crippen LogP contribution in [0.2, 0.25) is 0 Å². The number of hydrogen-bond donors (Lipinski definition) is 0. The smallest absolute Gasteiger partial charge is 0.246 e. The van der Waals surface area contributed by atoms with Gasteiger partial charge in [-0.3, -0.25) is 4.68 Å². The van der Waals surface area contributed by atoms with Crippen molar-refractivity contribution < 1.29 is 8.42 Å². The van der Waals surface area contributed by atoms with E-state index in [0.29, 0.717) is 24.5 Å². The highest BCUT2D eigenvalue weighted by molar-refractivity contribution is 8.76. The van der Waals surface area contributed by atoms with Crippen LogP contribution in [0.15, 0.2) is 17.3 Å². The molecule has 5 nitrogen and oxygen atoms in total. The molecule has 0 aromatic carbocycles. The van der Waals surface area contributed by atoms with E-state index in [0.717, 1.165) is 11.5 Å². The lowest BCUT2D eigenvalue weighted by atomic mass is 10.6. The van der Waals surface area contributed by atoms with Crippen molar-refractivity contribution in [2.45, 2.75) is 18.4 Å². The normalized spacial score (nSPS) is 19.1. The van der Waals surface area contributed by atoms with Gasteiger partial charge in [-0.25, -0.2) is 8.42 Å². The molecule has 0 radical (unpaired) electrons. The Labute approximate surface area is 109 Å². The van der Waals surface area contributed by atoms with Crippen LogP contribution in [-0.4, -0.2) is 47.1 Å². The predicted octanol–water partition coefficient (Wildman–Crippen LogP) is 1.29. The molecule has 1 fully saturated rings. The van der Waals surface area contributed by atoms with Crippen LogP contribution in [-0.2, 0) is 16.6 Å². The van der Waals surface area contributed by atoms with Gasteiger partial charge in [-0.05, 0) is 6.92 Å². The summed E-state index contributed by atoms with van der Waals surface area (Å²) in [6, 6.07) is 0. The number of aryl methyl sites for hydroxylation is 1. The molecule has 2 heterocycles. The second kappa shape index (κ2) is 5.64. The summed E-state index contributed by atoms with van der Waals surface area (Å²) in [5.41, 5.74) is 0. The van der Waals surface area contributed by atoms with Crippen LogP contribution in [0.4, 0.5) is 0 Å². The van der Waals surface area contributed by atoms with Gasteiger partial charge < -0.3 is 0 Å². The first-order valence-corrected chi connectivity index (χ1v) is 9.34. The van der Waals surface area contributed by atoms with Crippen molar-refractivity contribution in [3.8, 4) is 0 Å². The van der Waals surface area contributed by atoms with E-state index >= 15 is 0 Å². The standard InChI is InChI=1S/C9H15N3O2S3/c1-2-11-8-9(7-10-11)17(13,14)12-3-5-15-16-6-4-12/h7-8H,2-6H2,1H3. The Hall–Kier alpha value is -0.180. The zero-order valence-corrected chi connectivity index (χ0v) is 12.0. The highest BCUT2D eigenvalue weighted by Gasteiger charge is 2.26. The first-order chi connectivity index (χ1) is 8.14. The fourth-order valence-electron chi connectivity index (χ4n) is 1.55. The minimum absolute atomic E-state index is 0.302. The van der Waals surface area contributed by atoms with Gasteiger partial charge >= 0.3 is 0 Å². The summed E-state index contributed by atoms with van der Waals surface area (Å²) in [6.07, 6.45) is 3.03. The topological polar surface area (TPSA) is 55.2 Å². The van der Waals surface area contributed by atoms with Gasteiger partial charge in [0.2, 0.25) is 10.0 Å². The Balaban J connectivity index is 2.22. The summed E-state index contributed by atoms with van der Waals surface area (Å²) in [5.74, 6) is 1.68. The van der Waals surface area contributed by atoms with Crippen molar-refractivity contribution in [2.75, 3.05) is 24.6 Å². The average molecular weight is 293 g/mol. The fourth-order valence-corrected chi connectivity index (χ4v) is 5.16. The molecule has 2 rings (SSSR count). The summed E-state index contributed by atoms with van der Waals surface area (Å²) in [5, 5.41) is 4.02. The summed E-state index contributed by atoms with van der Waals surface area (Å²) in [4.78, 5) is 0.302. The molecule has 0 spiro atoms. The van der Waals surface area contributed by atoms with Gasteiger partial charge in [0.15, 0.2) is 0 Å². The van der Waals surface area contributed by atoms with E-state index in [1.54, 1.807) is 36.8 Å². The first-order valence-electron chi connectivity index (χ1n) is 5.41. The van der Waals surface area contributed by atoms with Crippen molar-refractivity contribution in [3.05, 3.63) is 12.4 Å². The van der Waals surface area contributed by atoms with Gasteiger partial charge in [0, 0.05) is 37.3 Å². The molecule has 1 aromatic rings. The Morgan fingerprint density at radius 3 is 2.53 bits per heavy atom. The van der Waals surface area contributed by atoms with Crippen LogP contribution in [0, 0.1) is 0 Å². The van der Waals surface area contributed by atoms with Gasteiger partial charge in [-0.1, -0.05) is 21.6 Å². The predicted molar refractivity (Wildman–Crippen MR) is 71.6 cm³/mol. The van der Waals surface area contributed by atoms with E-state index < -0.39 is 10.0 Å². The molecule has 8 heteroatoms. The lowest BCUT2D eigenvalue weighted by Crippen LogP contribution is -2.33. The van der Waals surface area contributed by atoms with Crippen molar-refractivity contribution in [3.63, 3.8) is 0 Å². The maximum atomic E-state index is 12.3.